The zero-order valence-electron chi connectivity index (χ0n) is 13.1. The van der Waals surface area contributed by atoms with Gasteiger partial charge in [0, 0.05) is 6.04 Å². The van der Waals surface area contributed by atoms with E-state index in [1.165, 1.54) is 31.0 Å². The highest BCUT2D eigenvalue weighted by Crippen LogP contribution is 2.44. The van der Waals surface area contributed by atoms with Gasteiger partial charge in [-0.05, 0) is 43.2 Å². The number of fused-ring (bicyclic) bond motifs is 2. The van der Waals surface area contributed by atoms with Crippen molar-refractivity contribution in [3.63, 3.8) is 0 Å². The number of carbonyl (C=O) groups is 1. The molecular formula is C17H18ClN3O2S. The van der Waals surface area contributed by atoms with Gasteiger partial charge in [0.25, 0.3) is 5.22 Å². The molecule has 24 heavy (non-hydrogen) atoms. The van der Waals surface area contributed by atoms with Crippen LogP contribution in [0.2, 0.25) is 5.02 Å². The normalized spacial score (nSPS) is 25.1. The summed E-state index contributed by atoms with van der Waals surface area (Å²) in [5.74, 6) is 2.20. The quantitative estimate of drug-likeness (QED) is 0.818. The second-order valence-electron chi connectivity index (χ2n) is 6.49. The van der Waals surface area contributed by atoms with Crippen LogP contribution in [0.25, 0.3) is 11.5 Å². The third-order valence-electron chi connectivity index (χ3n) is 4.92. The van der Waals surface area contributed by atoms with E-state index in [4.69, 9.17) is 16.0 Å². The Morgan fingerprint density at radius 2 is 2.17 bits per heavy atom. The van der Waals surface area contributed by atoms with Gasteiger partial charge in [-0.3, -0.25) is 4.79 Å². The van der Waals surface area contributed by atoms with Crippen LogP contribution >= 0.6 is 23.4 Å². The third-order valence-corrected chi connectivity index (χ3v) is 6.07. The molecule has 2 fully saturated rings. The number of carbonyl (C=O) groups excluding carboxylic acids is 1. The number of benzene rings is 1. The van der Waals surface area contributed by atoms with Gasteiger partial charge < -0.3 is 9.73 Å². The van der Waals surface area contributed by atoms with Crippen LogP contribution < -0.4 is 5.32 Å². The van der Waals surface area contributed by atoms with E-state index in [0.29, 0.717) is 33.7 Å². The maximum atomic E-state index is 12.1. The van der Waals surface area contributed by atoms with Crippen LogP contribution in [-0.4, -0.2) is 27.9 Å². The van der Waals surface area contributed by atoms with Gasteiger partial charge in [0.2, 0.25) is 11.8 Å². The van der Waals surface area contributed by atoms with Crippen LogP contribution in [0.5, 0.6) is 0 Å². The van der Waals surface area contributed by atoms with Crippen molar-refractivity contribution in [2.45, 2.75) is 36.9 Å². The van der Waals surface area contributed by atoms with Gasteiger partial charge in [-0.1, -0.05) is 41.9 Å². The molecule has 1 aromatic heterocycles. The van der Waals surface area contributed by atoms with Gasteiger partial charge in [-0.25, -0.2) is 0 Å². The molecule has 2 aliphatic carbocycles. The minimum Gasteiger partial charge on any atom is -0.411 e. The van der Waals surface area contributed by atoms with E-state index in [2.05, 4.69) is 15.5 Å². The van der Waals surface area contributed by atoms with Crippen molar-refractivity contribution in [2.75, 3.05) is 5.75 Å². The van der Waals surface area contributed by atoms with E-state index in [9.17, 15) is 4.79 Å². The van der Waals surface area contributed by atoms with Crippen LogP contribution in [0.3, 0.4) is 0 Å². The van der Waals surface area contributed by atoms with Gasteiger partial charge in [0.05, 0.1) is 16.3 Å². The van der Waals surface area contributed by atoms with Gasteiger partial charge in [-0.2, -0.15) is 0 Å². The van der Waals surface area contributed by atoms with Crippen molar-refractivity contribution < 1.29 is 9.21 Å². The Hall–Kier alpha value is -1.53. The molecule has 2 aromatic rings. The monoisotopic (exact) mass is 363 g/mol. The van der Waals surface area contributed by atoms with Crippen LogP contribution in [0, 0.1) is 11.8 Å². The number of thioether (sulfide) groups is 1. The molecule has 0 saturated heterocycles. The molecule has 1 amide bonds. The standard InChI is InChI=1S/C17H18ClN3O2S/c18-13-4-2-1-3-12(13)16-20-21-17(23-16)24-9-15(22)19-14-8-10-5-6-11(14)7-10/h1-4,10-11,14H,5-9H2,(H,19,22)/t10-,11-,14+/m0/s1. The summed E-state index contributed by atoms with van der Waals surface area (Å²) in [5, 5.41) is 12.1. The molecule has 3 atom stereocenters. The lowest BCUT2D eigenvalue weighted by Gasteiger charge is -2.22. The van der Waals surface area contributed by atoms with E-state index >= 15 is 0 Å². The second-order valence-corrected chi connectivity index (χ2v) is 7.82. The van der Waals surface area contributed by atoms with Crippen LogP contribution in [0.4, 0.5) is 0 Å². The van der Waals surface area contributed by atoms with Crippen molar-refractivity contribution in [1.82, 2.24) is 15.5 Å². The van der Waals surface area contributed by atoms with E-state index in [-0.39, 0.29) is 11.7 Å². The van der Waals surface area contributed by atoms with Crippen molar-refractivity contribution in [2.24, 2.45) is 11.8 Å². The molecule has 2 aliphatic rings. The molecule has 1 heterocycles. The van der Waals surface area contributed by atoms with Crippen molar-refractivity contribution in [3.05, 3.63) is 29.3 Å². The zero-order valence-corrected chi connectivity index (χ0v) is 14.6. The average Bonchev–Trinajstić information content (AvgIpc) is 3.30. The third kappa shape index (κ3) is 3.30. The van der Waals surface area contributed by atoms with Crippen molar-refractivity contribution in [1.29, 1.82) is 0 Å². The van der Waals surface area contributed by atoms with Crippen LogP contribution in [-0.2, 0) is 4.79 Å². The number of halogens is 1. The van der Waals surface area contributed by atoms with E-state index in [0.717, 1.165) is 12.3 Å². The smallest absolute Gasteiger partial charge is 0.277 e. The molecule has 1 aromatic carbocycles. The molecule has 2 bridgehead atoms. The van der Waals surface area contributed by atoms with Gasteiger partial charge >= 0.3 is 0 Å². The van der Waals surface area contributed by atoms with Gasteiger partial charge in [0.1, 0.15) is 0 Å². The molecule has 126 valence electrons. The summed E-state index contributed by atoms with van der Waals surface area (Å²) >= 11 is 7.38. The molecule has 4 rings (SSSR count). The fourth-order valence-corrected chi connectivity index (χ4v) is 4.60. The number of aromatic nitrogens is 2. The summed E-state index contributed by atoms with van der Waals surface area (Å²) in [4.78, 5) is 12.1. The first-order valence-corrected chi connectivity index (χ1v) is 9.56. The topological polar surface area (TPSA) is 68.0 Å². The number of nitrogens with zero attached hydrogens (tertiary/aromatic N) is 2. The van der Waals surface area contributed by atoms with Gasteiger partial charge in [0.15, 0.2) is 0 Å². The SMILES string of the molecule is O=C(CSc1nnc(-c2ccccc2Cl)o1)N[C@@H]1C[C@H]2CC[C@H]1C2. The maximum absolute atomic E-state index is 12.1. The Labute approximate surface area is 149 Å². The molecule has 2 saturated carbocycles. The highest BCUT2D eigenvalue weighted by molar-refractivity contribution is 7.99. The summed E-state index contributed by atoms with van der Waals surface area (Å²) < 4.78 is 5.60. The number of nitrogens with one attached hydrogen (secondary N) is 1. The van der Waals surface area contributed by atoms with Crippen molar-refractivity contribution >= 4 is 29.3 Å². The zero-order chi connectivity index (χ0) is 16.5. The predicted octanol–water partition coefficient (Wildman–Crippen LogP) is 3.79. The number of amides is 1. The highest BCUT2D eigenvalue weighted by atomic mass is 35.5. The van der Waals surface area contributed by atoms with Crippen molar-refractivity contribution in [3.8, 4) is 11.5 Å². The Kier molecular flexibility index (Phi) is 4.50. The summed E-state index contributed by atoms with van der Waals surface area (Å²) in [6.07, 6.45) is 5.01. The molecule has 1 N–H and O–H groups in total. The fraction of sp³-hybridized carbons (Fsp3) is 0.471. The summed E-state index contributed by atoms with van der Waals surface area (Å²) in [5.41, 5.74) is 0.699. The molecule has 0 radical (unpaired) electrons. The molecule has 0 unspecified atom stereocenters. The van der Waals surface area contributed by atoms with Gasteiger partial charge in [-0.15, -0.1) is 10.2 Å². The minimum absolute atomic E-state index is 0.0371. The lowest BCUT2D eigenvalue weighted by Crippen LogP contribution is -2.39. The highest BCUT2D eigenvalue weighted by Gasteiger charge is 2.40. The Bertz CT molecular complexity index is 751. The average molecular weight is 364 g/mol. The summed E-state index contributed by atoms with van der Waals surface area (Å²) in [7, 11) is 0. The Morgan fingerprint density at radius 3 is 2.92 bits per heavy atom. The fourth-order valence-electron chi connectivity index (χ4n) is 3.81. The summed E-state index contributed by atoms with van der Waals surface area (Å²) in [6, 6.07) is 7.67. The first-order chi connectivity index (χ1) is 11.7. The lowest BCUT2D eigenvalue weighted by molar-refractivity contribution is -0.119. The summed E-state index contributed by atoms with van der Waals surface area (Å²) in [6.45, 7) is 0. The first-order valence-electron chi connectivity index (χ1n) is 8.19. The predicted molar refractivity (Wildman–Crippen MR) is 92.8 cm³/mol. The van der Waals surface area contributed by atoms with E-state index < -0.39 is 0 Å². The van der Waals surface area contributed by atoms with Crippen LogP contribution in [0.1, 0.15) is 25.7 Å². The van der Waals surface area contributed by atoms with E-state index in [1.807, 2.05) is 18.2 Å². The molecule has 0 aliphatic heterocycles. The lowest BCUT2D eigenvalue weighted by atomic mass is 9.95. The maximum Gasteiger partial charge on any atom is 0.277 e. The Balaban J connectivity index is 1.32. The number of rotatable bonds is 5. The number of hydrogen-bond donors (Lipinski definition) is 1. The number of hydrogen-bond acceptors (Lipinski definition) is 5. The van der Waals surface area contributed by atoms with E-state index in [1.54, 1.807) is 6.07 Å². The van der Waals surface area contributed by atoms with Crippen LogP contribution in [0.15, 0.2) is 33.9 Å². The molecule has 7 heteroatoms. The molecule has 0 spiro atoms. The minimum atomic E-state index is 0.0371. The Morgan fingerprint density at radius 1 is 1.29 bits per heavy atom. The molecule has 5 nitrogen and oxygen atoms in total. The second kappa shape index (κ2) is 6.76. The largest absolute Gasteiger partial charge is 0.411 e. The first kappa shape index (κ1) is 16.0. The molecular weight excluding hydrogens is 346 g/mol.